The van der Waals surface area contributed by atoms with Gasteiger partial charge in [0.2, 0.25) is 0 Å². The molecule has 0 aliphatic carbocycles. The van der Waals surface area contributed by atoms with E-state index in [0.29, 0.717) is 0 Å². The van der Waals surface area contributed by atoms with Crippen LogP contribution in [0.15, 0.2) is 12.1 Å². The van der Waals surface area contributed by atoms with Gasteiger partial charge in [0, 0.05) is 24.1 Å². The molecule has 0 saturated heterocycles. The van der Waals surface area contributed by atoms with Crippen molar-refractivity contribution in [1.29, 1.82) is 5.26 Å². The minimum Gasteiger partial charge on any atom is -0.377 e. The van der Waals surface area contributed by atoms with Crippen LogP contribution in [0.5, 0.6) is 0 Å². The zero-order valence-corrected chi connectivity index (χ0v) is 10.8. The second-order valence-electron chi connectivity index (χ2n) is 3.71. The lowest BCUT2D eigenvalue weighted by Crippen LogP contribution is -2.28. The van der Waals surface area contributed by atoms with Gasteiger partial charge in [-0.3, -0.25) is 0 Å². The van der Waals surface area contributed by atoms with Crippen LogP contribution in [0.3, 0.4) is 0 Å². The first-order valence-corrected chi connectivity index (χ1v) is 6.33. The standard InChI is InChI=1S/C12H18N2OS/c1-4-15-9(2)8-14-10(3)12-6-5-11(7-13)16-12/h5-6,9-10,14H,4,8H2,1-3H3. The second-order valence-corrected chi connectivity index (χ2v) is 4.83. The third kappa shape index (κ3) is 3.93. The number of hydrogen-bond acceptors (Lipinski definition) is 4. The summed E-state index contributed by atoms with van der Waals surface area (Å²) in [6, 6.07) is 6.30. The molecular formula is C12H18N2OS. The first kappa shape index (κ1) is 13.2. The molecule has 0 radical (unpaired) electrons. The molecule has 1 rings (SSSR count). The zero-order valence-electron chi connectivity index (χ0n) is 9.99. The molecule has 3 nitrogen and oxygen atoms in total. The average molecular weight is 238 g/mol. The summed E-state index contributed by atoms with van der Waals surface area (Å²) in [7, 11) is 0. The highest BCUT2D eigenvalue weighted by molar-refractivity contribution is 7.12. The number of nitrogens with zero attached hydrogens (tertiary/aromatic N) is 1. The van der Waals surface area contributed by atoms with E-state index >= 15 is 0 Å². The van der Waals surface area contributed by atoms with Gasteiger partial charge in [0.15, 0.2) is 0 Å². The molecular weight excluding hydrogens is 220 g/mol. The molecule has 1 aromatic heterocycles. The molecule has 0 saturated carbocycles. The predicted octanol–water partition coefficient (Wildman–Crippen LogP) is 2.70. The lowest BCUT2D eigenvalue weighted by molar-refractivity contribution is 0.0744. The molecule has 1 N–H and O–H groups in total. The van der Waals surface area contributed by atoms with E-state index in [-0.39, 0.29) is 12.1 Å². The van der Waals surface area contributed by atoms with Crippen LogP contribution in [0.25, 0.3) is 0 Å². The van der Waals surface area contributed by atoms with Crippen LogP contribution < -0.4 is 5.32 Å². The van der Waals surface area contributed by atoms with Gasteiger partial charge in [-0.2, -0.15) is 5.26 Å². The topological polar surface area (TPSA) is 45.0 Å². The average Bonchev–Trinajstić information content (AvgIpc) is 2.75. The Bertz CT molecular complexity index is 356. The summed E-state index contributed by atoms with van der Waals surface area (Å²) in [6.07, 6.45) is 0.225. The van der Waals surface area contributed by atoms with Gasteiger partial charge in [-0.1, -0.05) is 0 Å². The zero-order chi connectivity index (χ0) is 12.0. The fourth-order valence-corrected chi connectivity index (χ4v) is 2.26. The Hall–Kier alpha value is -0.890. The van der Waals surface area contributed by atoms with E-state index in [1.807, 2.05) is 19.1 Å². The van der Waals surface area contributed by atoms with Crippen molar-refractivity contribution < 1.29 is 4.74 Å². The molecule has 16 heavy (non-hydrogen) atoms. The summed E-state index contributed by atoms with van der Waals surface area (Å²) in [5.41, 5.74) is 0. The molecule has 88 valence electrons. The molecule has 0 spiro atoms. The lowest BCUT2D eigenvalue weighted by Gasteiger charge is -2.16. The summed E-state index contributed by atoms with van der Waals surface area (Å²) in [6.45, 7) is 7.73. The van der Waals surface area contributed by atoms with Crippen LogP contribution in [0.1, 0.15) is 36.6 Å². The molecule has 0 aromatic carbocycles. The monoisotopic (exact) mass is 238 g/mol. The Labute approximate surface area is 101 Å². The van der Waals surface area contributed by atoms with Crippen molar-refractivity contribution in [3.05, 3.63) is 21.9 Å². The van der Waals surface area contributed by atoms with Crippen LogP contribution in [-0.4, -0.2) is 19.3 Å². The maximum Gasteiger partial charge on any atom is 0.110 e. The van der Waals surface area contributed by atoms with Crippen LogP contribution in [0.4, 0.5) is 0 Å². The molecule has 2 atom stereocenters. The maximum atomic E-state index is 8.74. The molecule has 4 heteroatoms. The first-order valence-electron chi connectivity index (χ1n) is 5.52. The SMILES string of the molecule is CCOC(C)CNC(C)c1ccc(C#N)s1. The van der Waals surface area contributed by atoms with Crippen molar-refractivity contribution in [2.24, 2.45) is 0 Å². The van der Waals surface area contributed by atoms with Gasteiger partial charge in [-0.25, -0.2) is 0 Å². The van der Waals surface area contributed by atoms with Gasteiger partial charge in [0.1, 0.15) is 10.9 Å². The summed E-state index contributed by atoms with van der Waals surface area (Å²) >= 11 is 1.54. The van der Waals surface area contributed by atoms with Crippen molar-refractivity contribution in [1.82, 2.24) is 5.32 Å². The van der Waals surface area contributed by atoms with E-state index in [9.17, 15) is 0 Å². The number of nitrogens with one attached hydrogen (secondary N) is 1. The minimum absolute atomic E-state index is 0.225. The number of thiophene rings is 1. The molecule has 0 amide bonds. The highest BCUT2D eigenvalue weighted by Gasteiger charge is 2.09. The molecule has 1 heterocycles. The highest BCUT2D eigenvalue weighted by atomic mass is 32.1. The summed E-state index contributed by atoms with van der Waals surface area (Å²) in [4.78, 5) is 1.96. The second kappa shape index (κ2) is 6.64. The normalized spacial score (nSPS) is 14.4. The number of rotatable bonds is 6. The van der Waals surface area contributed by atoms with Gasteiger partial charge < -0.3 is 10.1 Å². The Morgan fingerprint density at radius 2 is 2.25 bits per heavy atom. The van der Waals surface area contributed by atoms with Crippen LogP contribution in [0, 0.1) is 11.3 Å². The van der Waals surface area contributed by atoms with E-state index in [2.05, 4.69) is 25.2 Å². The van der Waals surface area contributed by atoms with Gasteiger partial charge in [0.25, 0.3) is 0 Å². The number of hydrogen-bond donors (Lipinski definition) is 1. The quantitative estimate of drug-likeness (QED) is 0.828. The summed E-state index contributed by atoms with van der Waals surface area (Å²) in [5.74, 6) is 0. The first-order chi connectivity index (χ1) is 7.67. The number of ether oxygens (including phenoxy) is 1. The van der Waals surface area contributed by atoms with Gasteiger partial charge in [-0.05, 0) is 32.9 Å². The van der Waals surface area contributed by atoms with Crippen molar-refractivity contribution in [2.45, 2.75) is 32.9 Å². The largest absolute Gasteiger partial charge is 0.377 e. The highest BCUT2D eigenvalue weighted by Crippen LogP contribution is 2.22. The molecule has 0 fully saturated rings. The Kier molecular flexibility index (Phi) is 5.47. The molecule has 0 aliphatic heterocycles. The minimum atomic E-state index is 0.225. The number of nitriles is 1. The lowest BCUT2D eigenvalue weighted by atomic mass is 10.2. The predicted molar refractivity (Wildman–Crippen MR) is 66.5 cm³/mol. The van der Waals surface area contributed by atoms with E-state index < -0.39 is 0 Å². The third-order valence-electron chi connectivity index (χ3n) is 2.33. The van der Waals surface area contributed by atoms with Gasteiger partial charge in [-0.15, -0.1) is 11.3 Å². The summed E-state index contributed by atoms with van der Waals surface area (Å²) in [5, 5.41) is 12.1. The molecule has 0 aliphatic rings. The Morgan fingerprint density at radius 1 is 1.50 bits per heavy atom. The van der Waals surface area contributed by atoms with Crippen molar-refractivity contribution in [3.8, 4) is 6.07 Å². The van der Waals surface area contributed by atoms with E-state index in [4.69, 9.17) is 10.00 Å². The summed E-state index contributed by atoms with van der Waals surface area (Å²) < 4.78 is 5.44. The van der Waals surface area contributed by atoms with E-state index in [1.165, 1.54) is 4.88 Å². The fraction of sp³-hybridized carbons (Fsp3) is 0.583. The van der Waals surface area contributed by atoms with Crippen molar-refractivity contribution in [3.63, 3.8) is 0 Å². The van der Waals surface area contributed by atoms with Crippen LogP contribution in [-0.2, 0) is 4.74 Å². The van der Waals surface area contributed by atoms with E-state index in [1.54, 1.807) is 11.3 Å². The third-order valence-corrected chi connectivity index (χ3v) is 3.50. The Morgan fingerprint density at radius 3 is 2.81 bits per heavy atom. The van der Waals surface area contributed by atoms with Gasteiger partial charge >= 0.3 is 0 Å². The smallest absolute Gasteiger partial charge is 0.110 e. The van der Waals surface area contributed by atoms with Crippen molar-refractivity contribution in [2.75, 3.05) is 13.2 Å². The van der Waals surface area contributed by atoms with Crippen LogP contribution in [0.2, 0.25) is 0 Å². The molecule has 2 unspecified atom stereocenters. The van der Waals surface area contributed by atoms with Crippen LogP contribution >= 0.6 is 11.3 Å². The van der Waals surface area contributed by atoms with Crippen molar-refractivity contribution >= 4 is 11.3 Å². The fourth-order valence-electron chi connectivity index (χ4n) is 1.43. The molecule has 1 aromatic rings. The van der Waals surface area contributed by atoms with E-state index in [0.717, 1.165) is 18.0 Å². The maximum absolute atomic E-state index is 8.74. The van der Waals surface area contributed by atoms with Gasteiger partial charge in [0.05, 0.1) is 6.10 Å². The Balaban J connectivity index is 2.40. The molecule has 0 bridgehead atoms.